The van der Waals surface area contributed by atoms with E-state index in [-0.39, 0.29) is 39.8 Å². The molecule has 1 aromatic rings. The van der Waals surface area contributed by atoms with Crippen molar-refractivity contribution < 1.29 is 19.1 Å². The summed E-state index contributed by atoms with van der Waals surface area (Å²) < 4.78 is 10.5. The van der Waals surface area contributed by atoms with Gasteiger partial charge in [0.1, 0.15) is 0 Å². The largest absolute Gasteiger partial charge is 0.463 e. The smallest absolute Gasteiger partial charge is 0.311 e. The summed E-state index contributed by atoms with van der Waals surface area (Å²) in [6.07, 6.45) is 7.71. The fourth-order valence-corrected chi connectivity index (χ4v) is 3.09. The van der Waals surface area contributed by atoms with Crippen molar-refractivity contribution in [3.63, 3.8) is 0 Å². The second kappa shape index (κ2) is 13.2. The molecule has 7 heteroatoms. The Morgan fingerprint density at radius 2 is 1.48 bits per heavy atom. The molecule has 0 aliphatic carbocycles. The van der Waals surface area contributed by atoms with Crippen molar-refractivity contribution in [3.8, 4) is 5.75 Å². The molecule has 1 atom stereocenters. The Hall–Kier alpha value is -0.970. The molecular formula is C20H27Cl3O4. The Labute approximate surface area is 176 Å². The van der Waals surface area contributed by atoms with Gasteiger partial charge in [0, 0.05) is 6.07 Å². The number of esters is 2. The van der Waals surface area contributed by atoms with Gasteiger partial charge in [-0.25, -0.2) is 0 Å². The Balaban J connectivity index is 2.25. The SMILES string of the molecule is CCCCCCCCC(C)OC(=O)CCC(=O)Oc1cc(Cl)c(Cl)cc1Cl. The summed E-state index contributed by atoms with van der Waals surface area (Å²) in [5.74, 6) is -0.887. The van der Waals surface area contributed by atoms with E-state index in [0.29, 0.717) is 0 Å². The van der Waals surface area contributed by atoms with Crippen molar-refractivity contribution in [3.05, 3.63) is 27.2 Å². The van der Waals surface area contributed by atoms with E-state index in [1.165, 1.54) is 37.8 Å². The summed E-state index contributed by atoms with van der Waals surface area (Å²) in [5, 5.41) is 0.670. The summed E-state index contributed by atoms with van der Waals surface area (Å²) in [4.78, 5) is 23.7. The van der Waals surface area contributed by atoms with Crippen LogP contribution in [-0.2, 0) is 14.3 Å². The van der Waals surface area contributed by atoms with E-state index >= 15 is 0 Å². The third-order valence-corrected chi connectivity index (χ3v) is 5.05. The van der Waals surface area contributed by atoms with Crippen LogP contribution in [0.1, 0.15) is 71.6 Å². The predicted octanol–water partition coefficient (Wildman–Crippen LogP) is 7.01. The zero-order valence-corrected chi connectivity index (χ0v) is 18.1. The van der Waals surface area contributed by atoms with Gasteiger partial charge in [0.05, 0.1) is 34.0 Å². The van der Waals surface area contributed by atoms with E-state index in [0.717, 1.165) is 19.3 Å². The minimum Gasteiger partial charge on any atom is -0.463 e. The number of hydrogen-bond acceptors (Lipinski definition) is 4. The van der Waals surface area contributed by atoms with Gasteiger partial charge in [-0.15, -0.1) is 0 Å². The second-order valence-electron chi connectivity index (χ2n) is 6.53. The highest BCUT2D eigenvalue weighted by Gasteiger charge is 2.15. The normalized spacial score (nSPS) is 11.9. The molecule has 0 heterocycles. The second-order valence-corrected chi connectivity index (χ2v) is 7.75. The number of hydrogen-bond donors (Lipinski definition) is 0. The molecule has 0 bridgehead atoms. The number of halogens is 3. The number of carbonyl (C=O) groups excluding carboxylic acids is 2. The fourth-order valence-electron chi connectivity index (χ4n) is 2.51. The lowest BCUT2D eigenvalue weighted by molar-refractivity contribution is -0.151. The van der Waals surface area contributed by atoms with Crippen molar-refractivity contribution in [2.45, 2.75) is 77.7 Å². The summed E-state index contributed by atoms with van der Waals surface area (Å²) >= 11 is 17.7. The molecule has 0 saturated carbocycles. The van der Waals surface area contributed by atoms with Crippen LogP contribution in [0.4, 0.5) is 0 Å². The first-order valence-corrected chi connectivity index (χ1v) is 10.5. The first kappa shape index (κ1) is 24.1. The minimum absolute atomic E-state index is 0.0430. The summed E-state index contributed by atoms with van der Waals surface area (Å²) in [6.45, 7) is 4.06. The molecule has 0 amide bonds. The average Bonchev–Trinajstić information content (AvgIpc) is 2.61. The number of rotatable bonds is 12. The summed E-state index contributed by atoms with van der Waals surface area (Å²) in [5.41, 5.74) is 0. The molecule has 1 aromatic carbocycles. The van der Waals surface area contributed by atoms with Gasteiger partial charge in [0.15, 0.2) is 5.75 Å². The lowest BCUT2D eigenvalue weighted by Gasteiger charge is -2.13. The first-order chi connectivity index (χ1) is 12.8. The standard InChI is InChI=1S/C20H27Cl3O4/c1-3-4-5-6-7-8-9-14(2)26-19(24)10-11-20(25)27-18-13-16(22)15(21)12-17(18)23/h12-14H,3-11H2,1-2H3. The van der Waals surface area contributed by atoms with Crippen molar-refractivity contribution in [1.82, 2.24) is 0 Å². The van der Waals surface area contributed by atoms with Crippen molar-refractivity contribution >= 4 is 46.7 Å². The van der Waals surface area contributed by atoms with Crippen LogP contribution in [0.25, 0.3) is 0 Å². The Bertz CT molecular complexity index is 619. The molecular weight excluding hydrogens is 411 g/mol. The number of ether oxygens (including phenoxy) is 2. The van der Waals surface area contributed by atoms with Crippen molar-refractivity contribution in [1.29, 1.82) is 0 Å². The van der Waals surface area contributed by atoms with Crippen LogP contribution in [0.5, 0.6) is 5.75 Å². The molecule has 0 N–H and O–H groups in total. The maximum absolute atomic E-state index is 11.9. The van der Waals surface area contributed by atoms with E-state index in [9.17, 15) is 9.59 Å². The lowest BCUT2D eigenvalue weighted by atomic mass is 10.1. The van der Waals surface area contributed by atoms with Gasteiger partial charge in [-0.1, -0.05) is 73.8 Å². The Morgan fingerprint density at radius 3 is 2.19 bits per heavy atom. The molecule has 4 nitrogen and oxygen atoms in total. The van der Waals surface area contributed by atoms with Gasteiger partial charge in [-0.05, 0) is 25.8 Å². The maximum atomic E-state index is 11.9. The highest BCUT2D eigenvalue weighted by Crippen LogP contribution is 2.34. The molecule has 1 unspecified atom stereocenters. The van der Waals surface area contributed by atoms with E-state index in [4.69, 9.17) is 44.3 Å². The molecule has 0 spiro atoms. The van der Waals surface area contributed by atoms with Gasteiger partial charge < -0.3 is 9.47 Å². The Kier molecular flexibility index (Phi) is 11.8. The van der Waals surface area contributed by atoms with Gasteiger partial charge >= 0.3 is 11.9 Å². The number of benzene rings is 1. The van der Waals surface area contributed by atoms with E-state index in [1.54, 1.807) is 0 Å². The van der Waals surface area contributed by atoms with E-state index in [1.807, 2.05) is 6.92 Å². The molecule has 1 rings (SSSR count). The molecule has 0 aromatic heterocycles. The first-order valence-electron chi connectivity index (χ1n) is 9.38. The predicted molar refractivity (Wildman–Crippen MR) is 110 cm³/mol. The lowest BCUT2D eigenvalue weighted by Crippen LogP contribution is -2.17. The molecule has 0 saturated heterocycles. The summed E-state index contributed by atoms with van der Waals surface area (Å²) in [7, 11) is 0. The maximum Gasteiger partial charge on any atom is 0.311 e. The zero-order valence-electron chi connectivity index (χ0n) is 15.9. The zero-order chi connectivity index (χ0) is 20.2. The van der Waals surface area contributed by atoms with Crippen molar-refractivity contribution in [2.75, 3.05) is 0 Å². The van der Waals surface area contributed by atoms with Crippen LogP contribution in [0, 0.1) is 0 Å². The van der Waals surface area contributed by atoms with Gasteiger partial charge in [-0.2, -0.15) is 0 Å². The topological polar surface area (TPSA) is 52.6 Å². The highest BCUT2D eigenvalue weighted by molar-refractivity contribution is 6.43. The van der Waals surface area contributed by atoms with Crippen LogP contribution in [-0.4, -0.2) is 18.0 Å². The molecule has 0 radical (unpaired) electrons. The quantitative estimate of drug-likeness (QED) is 0.153. The van der Waals surface area contributed by atoms with E-state index in [2.05, 4.69) is 6.92 Å². The number of carbonyl (C=O) groups is 2. The average molecular weight is 438 g/mol. The molecule has 152 valence electrons. The fraction of sp³-hybridized carbons (Fsp3) is 0.600. The monoisotopic (exact) mass is 436 g/mol. The molecule has 0 fully saturated rings. The van der Waals surface area contributed by atoms with Crippen LogP contribution in [0.2, 0.25) is 15.1 Å². The van der Waals surface area contributed by atoms with Gasteiger partial charge in [0.2, 0.25) is 0 Å². The minimum atomic E-state index is -0.587. The Morgan fingerprint density at radius 1 is 0.889 bits per heavy atom. The van der Waals surface area contributed by atoms with Crippen LogP contribution >= 0.6 is 34.8 Å². The molecule has 0 aliphatic heterocycles. The highest BCUT2D eigenvalue weighted by atomic mass is 35.5. The molecule has 0 aliphatic rings. The number of unbranched alkanes of at least 4 members (excludes halogenated alkanes) is 5. The van der Waals surface area contributed by atoms with Gasteiger partial charge in [0.25, 0.3) is 0 Å². The van der Waals surface area contributed by atoms with Crippen molar-refractivity contribution in [2.24, 2.45) is 0 Å². The molecule has 27 heavy (non-hydrogen) atoms. The third kappa shape index (κ3) is 10.2. The van der Waals surface area contributed by atoms with Gasteiger partial charge in [-0.3, -0.25) is 9.59 Å². The van der Waals surface area contributed by atoms with Crippen LogP contribution < -0.4 is 4.74 Å². The van der Waals surface area contributed by atoms with Crippen LogP contribution in [0.15, 0.2) is 12.1 Å². The van der Waals surface area contributed by atoms with Crippen LogP contribution in [0.3, 0.4) is 0 Å². The summed E-state index contributed by atoms with van der Waals surface area (Å²) in [6, 6.07) is 2.76. The van der Waals surface area contributed by atoms with E-state index < -0.39 is 11.9 Å². The third-order valence-electron chi connectivity index (χ3n) is 4.03.